The van der Waals surface area contributed by atoms with Gasteiger partial charge < -0.3 is 15.5 Å². The molecule has 1 amide bonds. The first-order chi connectivity index (χ1) is 9.27. The number of nitrogen functional groups attached to an aromatic ring is 1. The first-order valence-corrected chi connectivity index (χ1v) is 5.68. The maximum atomic E-state index is 12.5. The molecular formula is C12H8ClF3N2O2. The van der Waals surface area contributed by atoms with Crippen molar-refractivity contribution in [3.05, 3.63) is 46.9 Å². The first-order valence-electron chi connectivity index (χ1n) is 5.31. The number of alkyl halides is 3. The van der Waals surface area contributed by atoms with Gasteiger partial charge in [-0.2, -0.15) is 13.2 Å². The Kier molecular flexibility index (Phi) is 3.63. The molecule has 2 rings (SSSR count). The van der Waals surface area contributed by atoms with Gasteiger partial charge in [0.1, 0.15) is 0 Å². The Morgan fingerprint density at radius 1 is 1.25 bits per heavy atom. The number of furan rings is 1. The van der Waals surface area contributed by atoms with Crippen LogP contribution in [0.1, 0.15) is 16.1 Å². The van der Waals surface area contributed by atoms with Gasteiger partial charge in [-0.1, -0.05) is 0 Å². The van der Waals surface area contributed by atoms with Crippen LogP contribution in [0.25, 0.3) is 0 Å². The fourth-order valence-electron chi connectivity index (χ4n) is 1.47. The molecule has 0 aliphatic carbocycles. The molecule has 0 saturated heterocycles. The van der Waals surface area contributed by atoms with Crippen molar-refractivity contribution in [1.29, 1.82) is 0 Å². The summed E-state index contributed by atoms with van der Waals surface area (Å²) >= 11 is 5.51. The molecule has 0 radical (unpaired) electrons. The molecule has 0 aliphatic heterocycles. The van der Waals surface area contributed by atoms with Crippen molar-refractivity contribution < 1.29 is 22.4 Å². The van der Waals surface area contributed by atoms with E-state index in [1.165, 1.54) is 12.1 Å². The lowest BCUT2D eigenvalue weighted by molar-refractivity contribution is -0.137. The third-order valence-electron chi connectivity index (χ3n) is 2.42. The van der Waals surface area contributed by atoms with Crippen molar-refractivity contribution in [1.82, 2.24) is 0 Å². The third-order valence-corrected chi connectivity index (χ3v) is 2.63. The number of anilines is 2. The maximum absolute atomic E-state index is 12.5. The Balaban J connectivity index is 2.20. The minimum atomic E-state index is -4.49. The number of amides is 1. The summed E-state index contributed by atoms with van der Waals surface area (Å²) in [6.45, 7) is 0. The Bertz CT molecular complexity index is 652. The second-order valence-corrected chi connectivity index (χ2v) is 4.23. The minimum Gasteiger partial charge on any atom is -0.440 e. The molecular weight excluding hydrogens is 297 g/mol. The van der Waals surface area contributed by atoms with Gasteiger partial charge in [-0.25, -0.2) is 0 Å². The molecule has 20 heavy (non-hydrogen) atoms. The molecule has 0 aliphatic rings. The lowest BCUT2D eigenvalue weighted by Crippen LogP contribution is -2.13. The van der Waals surface area contributed by atoms with Gasteiger partial charge in [-0.3, -0.25) is 4.79 Å². The van der Waals surface area contributed by atoms with E-state index in [9.17, 15) is 18.0 Å². The fourth-order valence-corrected chi connectivity index (χ4v) is 1.62. The van der Waals surface area contributed by atoms with Gasteiger partial charge in [0.05, 0.1) is 16.9 Å². The van der Waals surface area contributed by atoms with Gasteiger partial charge in [0.25, 0.3) is 5.91 Å². The molecule has 1 heterocycles. The zero-order chi connectivity index (χ0) is 14.9. The summed E-state index contributed by atoms with van der Waals surface area (Å²) in [6, 6.07) is 5.33. The van der Waals surface area contributed by atoms with Crippen molar-refractivity contribution >= 4 is 28.9 Å². The number of nitrogens with two attached hydrogens (primary N) is 1. The van der Waals surface area contributed by atoms with Crippen LogP contribution in [-0.4, -0.2) is 5.91 Å². The molecule has 0 atom stereocenters. The Morgan fingerprint density at radius 2 is 1.95 bits per heavy atom. The van der Waals surface area contributed by atoms with Gasteiger partial charge >= 0.3 is 6.18 Å². The van der Waals surface area contributed by atoms with Gasteiger partial charge in [-0.05, 0) is 41.9 Å². The average Bonchev–Trinajstić information content (AvgIpc) is 2.77. The number of carbonyl (C=O) groups is 1. The Labute approximate surface area is 116 Å². The highest BCUT2D eigenvalue weighted by Gasteiger charge is 2.30. The maximum Gasteiger partial charge on any atom is 0.416 e. The van der Waals surface area contributed by atoms with Gasteiger partial charge in [0.15, 0.2) is 11.0 Å². The number of rotatable bonds is 2. The molecule has 0 fully saturated rings. The largest absolute Gasteiger partial charge is 0.440 e. The SMILES string of the molecule is Nc1cc(C(F)(F)F)ccc1NC(=O)c1ccc(Cl)o1. The number of benzene rings is 1. The minimum absolute atomic E-state index is 0.0236. The van der Waals surface area contributed by atoms with Crippen LogP contribution in [-0.2, 0) is 6.18 Å². The van der Waals surface area contributed by atoms with Crippen molar-refractivity contribution in [3.63, 3.8) is 0 Å². The molecule has 2 aromatic rings. The van der Waals surface area contributed by atoms with Crippen LogP contribution in [0, 0.1) is 0 Å². The van der Waals surface area contributed by atoms with Crippen molar-refractivity contribution in [2.75, 3.05) is 11.1 Å². The first kappa shape index (κ1) is 14.3. The molecule has 0 saturated carbocycles. The van der Waals surface area contributed by atoms with E-state index in [1.807, 2.05) is 0 Å². The van der Waals surface area contributed by atoms with Crippen molar-refractivity contribution in [2.24, 2.45) is 0 Å². The quantitative estimate of drug-likeness (QED) is 0.829. The summed E-state index contributed by atoms with van der Waals surface area (Å²) in [5.74, 6) is -0.738. The van der Waals surface area contributed by atoms with E-state index < -0.39 is 17.6 Å². The van der Waals surface area contributed by atoms with Crippen LogP contribution in [0.2, 0.25) is 5.22 Å². The summed E-state index contributed by atoms with van der Waals surface area (Å²) in [7, 11) is 0. The highest BCUT2D eigenvalue weighted by Crippen LogP contribution is 2.33. The van der Waals surface area contributed by atoms with E-state index in [0.717, 1.165) is 18.2 Å². The van der Waals surface area contributed by atoms with E-state index in [-0.39, 0.29) is 22.4 Å². The van der Waals surface area contributed by atoms with Gasteiger partial charge in [0, 0.05) is 0 Å². The van der Waals surface area contributed by atoms with Crippen LogP contribution in [0.3, 0.4) is 0 Å². The molecule has 1 aromatic heterocycles. The summed E-state index contributed by atoms with van der Waals surface area (Å²) in [5, 5.41) is 2.36. The third kappa shape index (κ3) is 3.05. The average molecular weight is 305 g/mol. The van der Waals surface area contributed by atoms with E-state index in [4.69, 9.17) is 21.8 Å². The Hall–Kier alpha value is -2.15. The number of hydrogen-bond acceptors (Lipinski definition) is 3. The predicted octanol–water partition coefficient (Wildman–Crippen LogP) is 3.79. The predicted molar refractivity (Wildman–Crippen MR) is 67.5 cm³/mol. The number of halogens is 4. The zero-order valence-electron chi connectivity index (χ0n) is 9.79. The Morgan fingerprint density at radius 3 is 2.45 bits per heavy atom. The van der Waals surface area contributed by atoms with Crippen molar-refractivity contribution in [2.45, 2.75) is 6.18 Å². The molecule has 8 heteroatoms. The second kappa shape index (κ2) is 5.09. The summed E-state index contributed by atoms with van der Waals surface area (Å²) in [4.78, 5) is 11.7. The molecule has 0 bridgehead atoms. The standard InChI is InChI=1S/C12H8ClF3N2O2/c13-10-4-3-9(20-10)11(19)18-8-2-1-6(5-7(8)17)12(14,15)16/h1-5H,17H2,(H,18,19). The molecule has 0 unspecified atom stereocenters. The van der Waals surface area contributed by atoms with E-state index in [2.05, 4.69) is 5.32 Å². The molecule has 4 nitrogen and oxygen atoms in total. The van der Waals surface area contributed by atoms with Gasteiger partial charge in [-0.15, -0.1) is 0 Å². The van der Waals surface area contributed by atoms with E-state index in [0.29, 0.717) is 0 Å². The summed E-state index contributed by atoms with van der Waals surface area (Å²) in [6.07, 6.45) is -4.49. The molecule has 106 valence electrons. The number of carbonyl (C=O) groups excluding carboxylic acids is 1. The lowest BCUT2D eigenvalue weighted by Gasteiger charge is -2.11. The fraction of sp³-hybridized carbons (Fsp3) is 0.0833. The number of nitrogens with one attached hydrogen (secondary N) is 1. The molecule has 3 N–H and O–H groups in total. The van der Waals surface area contributed by atoms with Crippen LogP contribution in [0.4, 0.5) is 24.5 Å². The van der Waals surface area contributed by atoms with Crippen LogP contribution >= 0.6 is 11.6 Å². The van der Waals surface area contributed by atoms with E-state index in [1.54, 1.807) is 0 Å². The van der Waals surface area contributed by atoms with Crippen LogP contribution in [0.5, 0.6) is 0 Å². The topological polar surface area (TPSA) is 68.3 Å². The smallest absolute Gasteiger partial charge is 0.416 e. The second-order valence-electron chi connectivity index (χ2n) is 3.86. The highest BCUT2D eigenvalue weighted by atomic mass is 35.5. The normalized spacial score (nSPS) is 11.4. The lowest BCUT2D eigenvalue weighted by atomic mass is 10.1. The molecule has 0 spiro atoms. The monoisotopic (exact) mass is 304 g/mol. The van der Waals surface area contributed by atoms with Crippen molar-refractivity contribution in [3.8, 4) is 0 Å². The van der Waals surface area contributed by atoms with Crippen LogP contribution < -0.4 is 11.1 Å². The molecule has 1 aromatic carbocycles. The van der Waals surface area contributed by atoms with Crippen LogP contribution in [0.15, 0.2) is 34.7 Å². The van der Waals surface area contributed by atoms with Gasteiger partial charge in [0.2, 0.25) is 0 Å². The zero-order valence-corrected chi connectivity index (χ0v) is 10.5. The highest BCUT2D eigenvalue weighted by molar-refractivity contribution is 6.29. The van der Waals surface area contributed by atoms with E-state index >= 15 is 0 Å². The number of hydrogen-bond donors (Lipinski definition) is 2. The summed E-state index contributed by atoms with van der Waals surface area (Å²) < 4.78 is 42.2. The summed E-state index contributed by atoms with van der Waals surface area (Å²) in [5.41, 5.74) is 4.43.